The number of carbonyl (C=O) groups excluding carboxylic acids is 1. The molecule has 0 saturated carbocycles. The molecule has 0 fully saturated rings. The number of hydrogen-bond donors (Lipinski definition) is 1. The van der Waals surface area contributed by atoms with Gasteiger partial charge in [0, 0.05) is 24.9 Å². The quantitative estimate of drug-likeness (QED) is 0.0822. The molecule has 226 valence electrons. The van der Waals surface area contributed by atoms with Crippen LogP contribution in [0.3, 0.4) is 0 Å². The molecule has 4 aromatic rings. The topological polar surface area (TPSA) is 88.4 Å². The van der Waals surface area contributed by atoms with Gasteiger partial charge in [-0.3, -0.25) is 4.79 Å². The van der Waals surface area contributed by atoms with E-state index in [0.717, 1.165) is 66.1 Å². The molecular weight excluding hydrogens is 558 g/mol. The molecule has 0 bridgehead atoms. The monoisotopic (exact) mass is 599 g/mol. The standard InChI is InChI=1S/C35H41N3O4S/c1-4-6-20-41-21-22-42-33-14-9-28(10-15-33)30-8-7-27(3)29(23-30)11-18-35(39)37-31-12-16-34(17-13-31)43(40)25-32-24-36-26-38(32)19-5-2/h7-18,23-24,26H,4-6,19-22,25H2,1-3H3,(H,37,39)/b18-11+/t43-/m1/s1. The van der Waals surface area contributed by atoms with Crippen molar-refractivity contribution in [2.45, 2.75) is 57.2 Å². The SMILES string of the molecule is CCCCOCCOc1ccc(-c2ccc(C)c(/C=C/C(=O)Nc3ccc([S@+]([O-])Cc4cncn4CCC)cc3)c2)cc1. The van der Waals surface area contributed by atoms with E-state index in [0.29, 0.717) is 29.5 Å². The number of nitrogens with zero attached hydrogens (tertiary/aromatic N) is 2. The summed E-state index contributed by atoms with van der Waals surface area (Å²) in [5, 5.41) is 2.89. The largest absolute Gasteiger partial charge is 0.611 e. The van der Waals surface area contributed by atoms with Gasteiger partial charge >= 0.3 is 0 Å². The lowest BCUT2D eigenvalue weighted by molar-refractivity contribution is -0.111. The predicted octanol–water partition coefficient (Wildman–Crippen LogP) is 7.42. The Morgan fingerprint density at radius 3 is 2.49 bits per heavy atom. The Kier molecular flexibility index (Phi) is 12.5. The van der Waals surface area contributed by atoms with Crippen molar-refractivity contribution in [2.75, 3.05) is 25.1 Å². The third-order valence-electron chi connectivity index (χ3n) is 6.95. The first-order valence-corrected chi connectivity index (χ1v) is 16.2. The minimum atomic E-state index is -1.20. The van der Waals surface area contributed by atoms with E-state index >= 15 is 0 Å². The molecule has 43 heavy (non-hydrogen) atoms. The van der Waals surface area contributed by atoms with Crippen molar-refractivity contribution in [1.29, 1.82) is 0 Å². The fourth-order valence-corrected chi connectivity index (χ4v) is 5.59. The Labute approximate surface area is 258 Å². The zero-order valence-electron chi connectivity index (χ0n) is 25.3. The highest BCUT2D eigenvalue weighted by molar-refractivity contribution is 7.90. The number of benzene rings is 3. The predicted molar refractivity (Wildman–Crippen MR) is 175 cm³/mol. The van der Waals surface area contributed by atoms with Gasteiger partial charge in [0.15, 0.2) is 10.6 Å². The number of carbonyl (C=O) groups is 1. The highest BCUT2D eigenvalue weighted by Crippen LogP contribution is 2.26. The van der Waals surface area contributed by atoms with Crippen LogP contribution in [-0.4, -0.2) is 39.8 Å². The van der Waals surface area contributed by atoms with Crippen molar-refractivity contribution in [1.82, 2.24) is 9.55 Å². The first-order valence-electron chi connectivity index (χ1n) is 14.8. The van der Waals surface area contributed by atoms with E-state index in [4.69, 9.17) is 9.47 Å². The second-order valence-corrected chi connectivity index (χ2v) is 11.8. The lowest BCUT2D eigenvalue weighted by Crippen LogP contribution is -2.11. The van der Waals surface area contributed by atoms with E-state index in [2.05, 4.69) is 42.3 Å². The molecule has 0 aliphatic heterocycles. The molecule has 1 N–H and O–H groups in total. The van der Waals surface area contributed by atoms with Crippen LogP contribution in [-0.2, 0) is 33.0 Å². The van der Waals surface area contributed by atoms with Crippen molar-refractivity contribution in [2.24, 2.45) is 0 Å². The van der Waals surface area contributed by atoms with E-state index in [9.17, 15) is 9.35 Å². The second kappa shape index (κ2) is 16.7. The van der Waals surface area contributed by atoms with Gasteiger partial charge in [-0.05, 0) is 102 Å². The van der Waals surface area contributed by atoms with Crippen molar-refractivity contribution in [3.05, 3.63) is 102 Å². The number of unbranched alkanes of at least 4 members (excludes halogenated alkanes) is 1. The maximum absolute atomic E-state index is 12.9. The molecule has 1 aromatic heterocycles. The average Bonchev–Trinajstić information content (AvgIpc) is 3.45. The summed E-state index contributed by atoms with van der Waals surface area (Å²) in [6, 6.07) is 21.4. The summed E-state index contributed by atoms with van der Waals surface area (Å²) in [4.78, 5) is 17.6. The Hall–Kier alpha value is -3.85. The maximum Gasteiger partial charge on any atom is 0.248 e. The van der Waals surface area contributed by atoms with Gasteiger partial charge in [0.1, 0.15) is 12.4 Å². The zero-order valence-corrected chi connectivity index (χ0v) is 26.1. The number of aromatic nitrogens is 2. The number of imidazole rings is 1. The fraction of sp³-hybridized carbons (Fsp3) is 0.314. The number of ether oxygens (including phenoxy) is 2. The molecule has 1 amide bonds. The normalized spacial score (nSPS) is 12.0. The Balaban J connectivity index is 1.30. The van der Waals surface area contributed by atoms with E-state index in [1.165, 1.54) is 6.08 Å². The van der Waals surface area contributed by atoms with Gasteiger partial charge in [0.25, 0.3) is 0 Å². The summed E-state index contributed by atoms with van der Waals surface area (Å²) in [6.07, 6.45) is 10.1. The third-order valence-corrected chi connectivity index (χ3v) is 8.30. The van der Waals surface area contributed by atoms with Crippen molar-refractivity contribution >= 4 is 28.8 Å². The fourth-order valence-electron chi connectivity index (χ4n) is 4.48. The summed E-state index contributed by atoms with van der Waals surface area (Å²) in [5.74, 6) is 0.979. The highest BCUT2D eigenvalue weighted by atomic mass is 32.2. The second-order valence-electron chi connectivity index (χ2n) is 10.3. The summed E-state index contributed by atoms with van der Waals surface area (Å²) in [5.41, 5.74) is 5.76. The Morgan fingerprint density at radius 2 is 1.74 bits per heavy atom. The Morgan fingerprint density at radius 1 is 0.977 bits per heavy atom. The van der Waals surface area contributed by atoms with Crippen LogP contribution in [0.15, 0.2) is 90.2 Å². The van der Waals surface area contributed by atoms with Crippen LogP contribution in [0.5, 0.6) is 5.75 Å². The molecule has 0 aliphatic carbocycles. The molecule has 0 saturated heterocycles. The van der Waals surface area contributed by atoms with E-state index in [1.54, 1.807) is 36.8 Å². The van der Waals surface area contributed by atoms with Crippen LogP contribution >= 0.6 is 0 Å². The molecule has 8 heteroatoms. The van der Waals surface area contributed by atoms with Crippen LogP contribution in [0.1, 0.15) is 49.9 Å². The molecule has 0 aliphatic rings. The average molecular weight is 600 g/mol. The van der Waals surface area contributed by atoms with Crippen molar-refractivity contribution < 1.29 is 18.8 Å². The van der Waals surface area contributed by atoms with Crippen LogP contribution < -0.4 is 10.1 Å². The number of anilines is 1. The van der Waals surface area contributed by atoms with Gasteiger partial charge in [0.05, 0.1) is 24.8 Å². The van der Waals surface area contributed by atoms with E-state index < -0.39 is 11.2 Å². The number of hydrogen-bond acceptors (Lipinski definition) is 5. The summed E-state index contributed by atoms with van der Waals surface area (Å²) in [7, 11) is 0. The number of aryl methyl sites for hydroxylation is 2. The van der Waals surface area contributed by atoms with Gasteiger partial charge in [-0.2, -0.15) is 0 Å². The number of nitrogens with one attached hydrogen (secondary N) is 1. The minimum Gasteiger partial charge on any atom is -0.611 e. The van der Waals surface area contributed by atoms with Crippen molar-refractivity contribution in [3.8, 4) is 16.9 Å². The number of amides is 1. The lowest BCUT2D eigenvalue weighted by Gasteiger charge is -2.12. The van der Waals surface area contributed by atoms with Gasteiger partial charge in [-0.25, -0.2) is 4.98 Å². The third kappa shape index (κ3) is 9.85. The molecule has 7 nitrogen and oxygen atoms in total. The van der Waals surface area contributed by atoms with E-state index in [-0.39, 0.29) is 5.91 Å². The maximum atomic E-state index is 12.9. The first kappa shape index (κ1) is 32.1. The zero-order chi connectivity index (χ0) is 30.4. The van der Waals surface area contributed by atoms with Gasteiger partial charge in [-0.1, -0.05) is 44.5 Å². The highest BCUT2D eigenvalue weighted by Gasteiger charge is 2.15. The molecule has 0 spiro atoms. The van der Waals surface area contributed by atoms with E-state index in [1.807, 2.05) is 41.8 Å². The molecule has 1 atom stereocenters. The van der Waals surface area contributed by atoms with Crippen LogP contribution in [0.25, 0.3) is 17.2 Å². The van der Waals surface area contributed by atoms with Gasteiger partial charge < -0.3 is 23.9 Å². The molecule has 3 aromatic carbocycles. The molecular formula is C35H41N3O4S. The summed E-state index contributed by atoms with van der Waals surface area (Å²) >= 11 is -1.20. The summed E-state index contributed by atoms with van der Waals surface area (Å²) < 4.78 is 26.3. The minimum absolute atomic E-state index is 0.234. The smallest absolute Gasteiger partial charge is 0.248 e. The summed E-state index contributed by atoms with van der Waals surface area (Å²) in [6.45, 7) is 9.01. The van der Waals surface area contributed by atoms with Crippen LogP contribution in [0, 0.1) is 6.92 Å². The first-order chi connectivity index (χ1) is 21.0. The van der Waals surface area contributed by atoms with Crippen molar-refractivity contribution in [3.63, 3.8) is 0 Å². The molecule has 0 radical (unpaired) electrons. The van der Waals surface area contributed by atoms with Crippen LogP contribution in [0.2, 0.25) is 0 Å². The van der Waals surface area contributed by atoms with Gasteiger partial charge in [0.2, 0.25) is 5.91 Å². The molecule has 1 heterocycles. The lowest BCUT2D eigenvalue weighted by atomic mass is 9.99. The van der Waals surface area contributed by atoms with Crippen LogP contribution in [0.4, 0.5) is 5.69 Å². The molecule has 4 rings (SSSR count). The van der Waals surface area contributed by atoms with Gasteiger partial charge in [-0.15, -0.1) is 0 Å². The number of rotatable bonds is 16. The Bertz CT molecular complexity index is 1470. The molecule has 0 unspecified atom stereocenters.